The van der Waals surface area contributed by atoms with E-state index in [0.717, 1.165) is 35.7 Å². The second-order valence-corrected chi connectivity index (χ2v) is 4.53. The summed E-state index contributed by atoms with van der Waals surface area (Å²) in [6.45, 7) is 4.18. The predicted molar refractivity (Wildman–Crippen MR) is 67.4 cm³/mol. The van der Waals surface area contributed by atoms with Crippen molar-refractivity contribution in [1.29, 1.82) is 0 Å². The molecular formula is C13H17N3O. The third-order valence-corrected chi connectivity index (χ3v) is 3.38. The maximum atomic E-state index is 5.46. The van der Waals surface area contributed by atoms with Gasteiger partial charge in [0.15, 0.2) is 0 Å². The average Bonchev–Trinajstić information content (AvgIpc) is 2.19. The number of aryl methyl sites for hydroxylation is 1. The van der Waals surface area contributed by atoms with Crippen molar-refractivity contribution in [2.45, 2.75) is 13.0 Å². The van der Waals surface area contributed by atoms with Gasteiger partial charge in [-0.2, -0.15) is 0 Å². The van der Waals surface area contributed by atoms with Crippen molar-refractivity contribution in [2.24, 2.45) is 0 Å². The zero-order valence-electron chi connectivity index (χ0n) is 10.2. The van der Waals surface area contributed by atoms with Crippen molar-refractivity contribution in [1.82, 2.24) is 15.1 Å². The maximum absolute atomic E-state index is 5.46. The molecule has 0 spiro atoms. The van der Waals surface area contributed by atoms with Crippen LogP contribution in [0.4, 0.5) is 0 Å². The van der Waals surface area contributed by atoms with Crippen molar-refractivity contribution in [3.63, 3.8) is 0 Å². The molecule has 0 saturated carbocycles. The van der Waals surface area contributed by atoms with Gasteiger partial charge in [-0.25, -0.2) is 0 Å². The Labute approximate surface area is 101 Å². The molecule has 0 unspecified atom stereocenters. The maximum Gasteiger partial charge on any atom is 0.131 e. The fourth-order valence-electron chi connectivity index (χ4n) is 2.21. The number of ether oxygens (including phenoxy) is 1. The highest BCUT2D eigenvalue weighted by atomic mass is 16.5. The number of nitrogens with zero attached hydrogens (tertiary/aromatic N) is 1. The molecular weight excluding hydrogens is 214 g/mol. The molecule has 1 aromatic heterocycles. The Kier molecular flexibility index (Phi) is 2.44. The average molecular weight is 231 g/mol. The molecule has 2 aromatic rings. The summed E-state index contributed by atoms with van der Waals surface area (Å²) < 4.78 is 7.62. The van der Waals surface area contributed by atoms with E-state index in [1.54, 1.807) is 7.11 Å². The summed E-state index contributed by atoms with van der Waals surface area (Å²) in [6, 6.07) is 6.80. The highest BCUT2D eigenvalue weighted by Gasteiger charge is 2.21. The highest BCUT2D eigenvalue weighted by Crippen LogP contribution is 2.33. The van der Waals surface area contributed by atoms with E-state index < -0.39 is 0 Å². The first kappa shape index (κ1) is 10.5. The number of benzene rings is 1. The molecule has 1 aliphatic heterocycles. The number of nitrogens with one attached hydrogen (secondary N) is 2. The predicted octanol–water partition coefficient (Wildman–Crippen LogP) is 1.94. The zero-order valence-corrected chi connectivity index (χ0v) is 10.2. The Hall–Kier alpha value is -1.68. The van der Waals surface area contributed by atoms with E-state index in [4.69, 9.17) is 4.74 Å². The van der Waals surface area contributed by atoms with E-state index in [9.17, 15) is 0 Å². The molecule has 0 radical (unpaired) electrons. The lowest BCUT2D eigenvalue weighted by molar-refractivity contribution is 0.305. The normalized spacial score (nSPS) is 15.9. The van der Waals surface area contributed by atoms with E-state index in [0.29, 0.717) is 6.04 Å². The fourth-order valence-corrected chi connectivity index (χ4v) is 2.21. The monoisotopic (exact) mass is 231 g/mol. The van der Waals surface area contributed by atoms with Gasteiger partial charge in [-0.05, 0) is 18.6 Å². The molecule has 0 bridgehead atoms. The first-order valence-corrected chi connectivity index (χ1v) is 5.91. The fraction of sp³-hybridized carbons (Fsp3) is 0.385. The van der Waals surface area contributed by atoms with E-state index in [2.05, 4.69) is 46.4 Å². The van der Waals surface area contributed by atoms with Crippen LogP contribution < -0.4 is 10.1 Å². The van der Waals surface area contributed by atoms with Crippen LogP contribution in [0.1, 0.15) is 11.6 Å². The minimum atomic E-state index is 0.592. The Balaban J connectivity index is 1.89. The molecule has 3 rings (SSSR count). The third-order valence-electron chi connectivity index (χ3n) is 3.38. The molecule has 17 heavy (non-hydrogen) atoms. The highest BCUT2D eigenvalue weighted by molar-refractivity contribution is 5.69. The van der Waals surface area contributed by atoms with Gasteiger partial charge in [0.25, 0.3) is 0 Å². The molecule has 2 heterocycles. The van der Waals surface area contributed by atoms with Gasteiger partial charge in [-0.3, -0.25) is 9.78 Å². The third kappa shape index (κ3) is 1.65. The molecule has 0 amide bonds. The topological polar surface area (TPSA) is 42.0 Å². The van der Waals surface area contributed by atoms with Crippen LogP contribution in [0.5, 0.6) is 5.75 Å². The smallest absolute Gasteiger partial charge is 0.131 e. The van der Waals surface area contributed by atoms with Crippen LogP contribution in [0.3, 0.4) is 0 Å². The summed E-state index contributed by atoms with van der Waals surface area (Å²) >= 11 is 0. The van der Waals surface area contributed by atoms with E-state index in [1.165, 1.54) is 0 Å². The Bertz CT molecular complexity index is 511. The molecule has 1 aromatic carbocycles. The Morgan fingerprint density at radius 1 is 1.35 bits per heavy atom. The molecule has 2 N–H and O–H groups in total. The van der Waals surface area contributed by atoms with Crippen LogP contribution >= 0.6 is 0 Å². The number of methoxy groups -OCH3 is 1. The molecule has 1 saturated heterocycles. The summed E-state index contributed by atoms with van der Waals surface area (Å²) in [4.78, 5) is 0. The van der Waals surface area contributed by atoms with Gasteiger partial charge in [-0.1, -0.05) is 12.1 Å². The lowest BCUT2D eigenvalue weighted by atomic mass is 10.1. The zero-order chi connectivity index (χ0) is 11.8. The minimum Gasteiger partial charge on any atom is -0.496 e. The van der Waals surface area contributed by atoms with Crippen LogP contribution in [-0.2, 0) is 0 Å². The Morgan fingerprint density at radius 3 is 2.71 bits per heavy atom. The first-order valence-electron chi connectivity index (χ1n) is 5.91. The van der Waals surface area contributed by atoms with Crippen LogP contribution in [0.15, 0.2) is 24.4 Å². The summed E-state index contributed by atoms with van der Waals surface area (Å²) in [7, 11) is 1.72. The van der Waals surface area contributed by atoms with Crippen molar-refractivity contribution in [2.75, 3.05) is 20.2 Å². The van der Waals surface area contributed by atoms with E-state index in [1.807, 2.05) is 0 Å². The van der Waals surface area contributed by atoms with Gasteiger partial charge in [0.1, 0.15) is 5.75 Å². The largest absolute Gasteiger partial charge is 0.496 e. The quantitative estimate of drug-likeness (QED) is 0.847. The lowest BCUT2D eigenvalue weighted by Crippen LogP contribution is -2.45. The first-order chi connectivity index (χ1) is 8.29. The SMILES string of the molecule is COc1c(C)cccc1-c1cn(C2CNC2)[nH]1. The standard InChI is InChI=1S/C13H17N3O/c1-9-4-3-5-11(13(9)17-2)12-8-16(15-12)10-6-14-7-10/h3-5,8,10,14-15H,6-7H2,1-2H3. The molecule has 4 nitrogen and oxygen atoms in total. The van der Waals surface area contributed by atoms with Gasteiger partial charge in [0.05, 0.1) is 18.8 Å². The van der Waals surface area contributed by atoms with Crippen molar-refractivity contribution < 1.29 is 4.74 Å². The van der Waals surface area contributed by atoms with E-state index >= 15 is 0 Å². The van der Waals surface area contributed by atoms with Crippen molar-refractivity contribution in [3.8, 4) is 17.0 Å². The second kappa shape index (κ2) is 3.96. The van der Waals surface area contributed by atoms with Gasteiger partial charge in [-0.15, -0.1) is 0 Å². The van der Waals surface area contributed by atoms with Crippen molar-refractivity contribution in [3.05, 3.63) is 30.0 Å². The summed E-state index contributed by atoms with van der Waals surface area (Å²) in [5, 5.41) is 6.64. The number of hydrogen-bond donors (Lipinski definition) is 2. The molecule has 4 heteroatoms. The number of aromatic amines is 1. The van der Waals surface area contributed by atoms with Crippen LogP contribution in [0.2, 0.25) is 0 Å². The van der Waals surface area contributed by atoms with Crippen molar-refractivity contribution >= 4 is 0 Å². The number of H-pyrrole nitrogens is 1. The summed E-state index contributed by atoms with van der Waals surface area (Å²) in [6.07, 6.45) is 2.16. The second-order valence-electron chi connectivity index (χ2n) is 4.53. The number of aromatic nitrogens is 2. The van der Waals surface area contributed by atoms with Gasteiger partial charge in [0, 0.05) is 24.8 Å². The minimum absolute atomic E-state index is 0.592. The molecule has 1 fully saturated rings. The summed E-state index contributed by atoms with van der Waals surface area (Å²) in [5.41, 5.74) is 3.44. The van der Waals surface area contributed by atoms with Gasteiger partial charge in [0.2, 0.25) is 0 Å². The number of para-hydroxylation sites is 1. The van der Waals surface area contributed by atoms with E-state index in [-0.39, 0.29) is 0 Å². The van der Waals surface area contributed by atoms with Crippen LogP contribution in [-0.4, -0.2) is 30.0 Å². The summed E-state index contributed by atoms with van der Waals surface area (Å²) in [5.74, 6) is 0.956. The number of rotatable bonds is 3. The molecule has 90 valence electrons. The molecule has 1 aliphatic rings. The Morgan fingerprint density at radius 2 is 2.12 bits per heavy atom. The van der Waals surface area contributed by atoms with Gasteiger partial charge < -0.3 is 10.1 Å². The number of hydrogen-bond acceptors (Lipinski definition) is 2. The van der Waals surface area contributed by atoms with Crippen LogP contribution in [0, 0.1) is 6.92 Å². The lowest BCUT2D eigenvalue weighted by Gasteiger charge is -2.32. The van der Waals surface area contributed by atoms with Crippen LogP contribution in [0.25, 0.3) is 11.3 Å². The molecule has 0 atom stereocenters. The van der Waals surface area contributed by atoms with Gasteiger partial charge >= 0.3 is 0 Å². The molecule has 0 aliphatic carbocycles.